The minimum Gasteiger partial charge on any atom is -0.497 e. The van der Waals surface area contributed by atoms with E-state index in [1.54, 1.807) is 55.6 Å². The van der Waals surface area contributed by atoms with Gasteiger partial charge in [0.15, 0.2) is 0 Å². The molecule has 0 bridgehead atoms. The second-order valence-corrected chi connectivity index (χ2v) is 7.38. The number of amides is 4. The highest BCUT2D eigenvalue weighted by Crippen LogP contribution is 2.30. The van der Waals surface area contributed by atoms with Crippen LogP contribution in [0.25, 0.3) is 0 Å². The molecule has 3 rings (SSSR count). The van der Waals surface area contributed by atoms with E-state index < -0.39 is 18.0 Å². The summed E-state index contributed by atoms with van der Waals surface area (Å²) in [7, 11) is 1.54. The van der Waals surface area contributed by atoms with Crippen molar-refractivity contribution >= 4 is 29.2 Å². The lowest BCUT2D eigenvalue weighted by molar-refractivity contribution is -0.124. The topological polar surface area (TPSA) is 88.2 Å². The molecule has 164 valence electrons. The van der Waals surface area contributed by atoms with E-state index in [0.29, 0.717) is 29.5 Å². The first-order chi connectivity index (χ1) is 14.8. The zero-order chi connectivity index (χ0) is 22.5. The molecular formula is C23H27N3O5. The van der Waals surface area contributed by atoms with Crippen LogP contribution in [-0.2, 0) is 9.59 Å². The van der Waals surface area contributed by atoms with Crippen LogP contribution >= 0.6 is 0 Å². The molecule has 0 spiro atoms. The number of urea groups is 1. The smallest absolute Gasteiger partial charge is 0.332 e. The Hall–Kier alpha value is -3.55. The van der Waals surface area contributed by atoms with Crippen LogP contribution in [-0.4, -0.2) is 48.5 Å². The molecule has 1 heterocycles. The van der Waals surface area contributed by atoms with Crippen molar-refractivity contribution in [3.05, 3.63) is 48.5 Å². The lowest BCUT2D eigenvalue weighted by atomic mass is 10.1. The van der Waals surface area contributed by atoms with Gasteiger partial charge in [-0.2, -0.15) is 0 Å². The number of imide groups is 1. The number of methoxy groups -OCH3 is 1. The summed E-state index contributed by atoms with van der Waals surface area (Å²) in [5.74, 6) is 0.552. The van der Waals surface area contributed by atoms with E-state index in [2.05, 4.69) is 5.32 Å². The molecule has 1 saturated heterocycles. The predicted octanol–water partition coefficient (Wildman–Crippen LogP) is 3.67. The first-order valence-corrected chi connectivity index (χ1v) is 10.2. The Morgan fingerprint density at radius 1 is 1.03 bits per heavy atom. The van der Waals surface area contributed by atoms with Gasteiger partial charge >= 0.3 is 6.03 Å². The molecule has 0 saturated carbocycles. The fourth-order valence-corrected chi connectivity index (χ4v) is 3.54. The van der Waals surface area contributed by atoms with Crippen molar-refractivity contribution in [2.45, 2.75) is 39.3 Å². The van der Waals surface area contributed by atoms with Gasteiger partial charge in [0.2, 0.25) is 5.91 Å². The van der Waals surface area contributed by atoms with Crippen LogP contribution in [0.5, 0.6) is 11.5 Å². The Kier molecular flexibility index (Phi) is 6.79. The second kappa shape index (κ2) is 9.51. The Morgan fingerprint density at radius 3 is 2.19 bits per heavy atom. The highest BCUT2D eigenvalue weighted by atomic mass is 16.5. The SMILES string of the molecule is CCOc1ccc(NC(=O)C[C@@H]2C(=O)N(c3ccc(OC)cc3)C(=O)N2C(C)C)cc1. The fourth-order valence-electron chi connectivity index (χ4n) is 3.54. The van der Waals surface area contributed by atoms with Crippen LogP contribution in [0.2, 0.25) is 0 Å². The summed E-state index contributed by atoms with van der Waals surface area (Å²) in [4.78, 5) is 41.4. The summed E-state index contributed by atoms with van der Waals surface area (Å²) in [6.45, 7) is 6.09. The number of ether oxygens (including phenoxy) is 2. The van der Waals surface area contributed by atoms with E-state index in [-0.39, 0.29) is 18.4 Å². The quantitative estimate of drug-likeness (QED) is 0.652. The summed E-state index contributed by atoms with van der Waals surface area (Å²) < 4.78 is 10.5. The first-order valence-electron chi connectivity index (χ1n) is 10.2. The molecule has 31 heavy (non-hydrogen) atoms. The van der Waals surface area contributed by atoms with Gasteiger partial charge in [0.05, 0.1) is 25.8 Å². The maximum absolute atomic E-state index is 13.1. The van der Waals surface area contributed by atoms with Crippen molar-refractivity contribution in [2.75, 3.05) is 23.9 Å². The maximum atomic E-state index is 13.1. The third-order valence-electron chi connectivity index (χ3n) is 4.97. The van der Waals surface area contributed by atoms with Crippen molar-refractivity contribution in [1.29, 1.82) is 0 Å². The van der Waals surface area contributed by atoms with Gasteiger partial charge in [-0.15, -0.1) is 0 Å². The van der Waals surface area contributed by atoms with Crippen LogP contribution in [0, 0.1) is 0 Å². The van der Waals surface area contributed by atoms with Crippen LogP contribution in [0.3, 0.4) is 0 Å². The largest absolute Gasteiger partial charge is 0.497 e. The fraction of sp³-hybridized carbons (Fsp3) is 0.348. The van der Waals surface area contributed by atoms with E-state index in [9.17, 15) is 14.4 Å². The van der Waals surface area contributed by atoms with E-state index in [0.717, 1.165) is 4.90 Å². The van der Waals surface area contributed by atoms with Crippen molar-refractivity contribution in [3.8, 4) is 11.5 Å². The van der Waals surface area contributed by atoms with Crippen molar-refractivity contribution in [2.24, 2.45) is 0 Å². The van der Waals surface area contributed by atoms with Crippen molar-refractivity contribution in [3.63, 3.8) is 0 Å². The number of nitrogens with one attached hydrogen (secondary N) is 1. The summed E-state index contributed by atoms with van der Waals surface area (Å²) in [5.41, 5.74) is 1.03. The second-order valence-electron chi connectivity index (χ2n) is 7.38. The molecule has 0 aliphatic carbocycles. The number of hydrogen-bond donors (Lipinski definition) is 1. The standard InChI is InChI=1S/C23H27N3O5/c1-5-31-19-10-6-16(7-11-19)24-21(27)14-20-22(28)26(23(29)25(20)15(2)3)17-8-12-18(30-4)13-9-17/h6-13,15,20H,5,14H2,1-4H3,(H,24,27)/t20-/m1/s1. The maximum Gasteiger partial charge on any atom is 0.332 e. The summed E-state index contributed by atoms with van der Waals surface area (Å²) in [6.07, 6.45) is -0.136. The van der Waals surface area contributed by atoms with E-state index in [4.69, 9.17) is 9.47 Å². The predicted molar refractivity (Wildman–Crippen MR) is 117 cm³/mol. The Labute approximate surface area is 181 Å². The van der Waals surface area contributed by atoms with Gasteiger partial charge in [0.25, 0.3) is 5.91 Å². The zero-order valence-corrected chi connectivity index (χ0v) is 18.1. The minimum absolute atomic E-state index is 0.136. The number of anilines is 2. The average Bonchev–Trinajstić information content (AvgIpc) is 2.99. The number of carbonyl (C=O) groups is 3. The number of hydrogen-bond acceptors (Lipinski definition) is 5. The lowest BCUT2D eigenvalue weighted by Gasteiger charge is -2.25. The van der Waals surface area contributed by atoms with E-state index >= 15 is 0 Å². The van der Waals surface area contributed by atoms with Gasteiger partial charge < -0.3 is 19.7 Å². The molecule has 2 aromatic carbocycles. The first kappa shape index (κ1) is 22.1. The van der Waals surface area contributed by atoms with Crippen LogP contribution in [0.15, 0.2) is 48.5 Å². The minimum atomic E-state index is -0.878. The monoisotopic (exact) mass is 425 g/mol. The third kappa shape index (κ3) is 4.79. The molecule has 2 aromatic rings. The number of rotatable bonds is 8. The molecule has 1 atom stereocenters. The molecule has 1 aliphatic rings. The molecule has 8 heteroatoms. The zero-order valence-electron chi connectivity index (χ0n) is 18.1. The average molecular weight is 425 g/mol. The molecule has 0 aromatic heterocycles. The number of benzene rings is 2. The van der Waals surface area contributed by atoms with Crippen LogP contribution in [0.4, 0.5) is 16.2 Å². The third-order valence-corrected chi connectivity index (χ3v) is 4.97. The number of nitrogens with zero attached hydrogens (tertiary/aromatic N) is 2. The highest BCUT2D eigenvalue weighted by Gasteiger charge is 2.47. The van der Waals surface area contributed by atoms with Gasteiger partial charge in [0, 0.05) is 11.7 Å². The summed E-state index contributed by atoms with van der Waals surface area (Å²) in [6, 6.07) is 12.1. The molecule has 1 N–H and O–H groups in total. The molecular weight excluding hydrogens is 398 g/mol. The summed E-state index contributed by atoms with van der Waals surface area (Å²) >= 11 is 0. The van der Waals surface area contributed by atoms with Gasteiger partial charge in [-0.1, -0.05) is 0 Å². The number of carbonyl (C=O) groups excluding carboxylic acids is 3. The van der Waals surface area contributed by atoms with E-state index in [1.807, 2.05) is 20.8 Å². The van der Waals surface area contributed by atoms with Crippen molar-refractivity contribution in [1.82, 2.24) is 4.90 Å². The Morgan fingerprint density at radius 2 is 1.65 bits per heavy atom. The molecule has 0 radical (unpaired) electrons. The van der Waals surface area contributed by atoms with E-state index in [1.165, 1.54) is 4.90 Å². The van der Waals surface area contributed by atoms with Gasteiger partial charge in [0.1, 0.15) is 17.5 Å². The molecule has 1 aliphatic heterocycles. The molecule has 8 nitrogen and oxygen atoms in total. The van der Waals surface area contributed by atoms with Crippen LogP contribution in [0.1, 0.15) is 27.2 Å². The summed E-state index contributed by atoms with van der Waals surface area (Å²) in [5, 5.41) is 2.78. The van der Waals surface area contributed by atoms with Gasteiger partial charge in [-0.25, -0.2) is 9.69 Å². The molecule has 4 amide bonds. The van der Waals surface area contributed by atoms with Crippen molar-refractivity contribution < 1.29 is 23.9 Å². The normalized spacial score (nSPS) is 16.1. The molecule has 1 fully saturated rings. The van der Waals surface area contributed by atoms with Gasteiger partial charge in [-0.3, -0.25) is 9.59 Å². The lowest BCUT2D eigenvalue weighted by Crippen LogP contribution is -2.42. The van der Waals surface area contributed by atoms with Crippen LogP contribution < -0.4 is 19.7 Å². The highest BCUT2D eigenvalue weighted by molar-refractivity contribution is 6.22. The molecule has 0 unspecified atom stereocenters. The Bertz CT molecular complexity index is 941. The van der Waals surface area contributed by atoms with Gasteiger partial charge in [-0.05, 0) is 69.3 Å². The Balaban J connectivity index is 1.75.